The molecular weight excluding hydrogens is 326 g/mol. The molecule has 0 radical (unpaired) electrons. The molecule has 130 valence electrons. The van der Waals surface area contributed by atoms with Crippen molar-refractivity contribution in [3.05, 3.63) is 41.1 Å². The average molecular weight is 349 g/mol. The maximum Gasteiger partial charge on any atom is 0.233 e. The first kappa shape index (κ1) is 17.0. The minimum absolute atomic E-state index is 0.0438. The van der Waals surface area contributed by atoms with E-state index in [-0.39, 0.29) is 11.9 Å². The quantitative estimate of drug-likeness (QED) is 0.839. The van der Waals surface area contributed by atoms with Gasteiger partial charge >= 0.3 is 0 Å². The fourth-order valence-electron chi connectivity index (χ4n) is 3.08. The van der Waals surface area contributed by atoms with Crippen molar-refractivity contribution in [2.75, 3.05) is 19.5 Å². The SMILES string of the molecule is COc1ccc(CN2CC3=C(C)C(C)N=C(C)N3CS2(=O)=O)cc1. The monoisotopic (exact) mass is 349 g/mol. The lowest BCUT2D eigenvalue weighted by molar-refractivity contribution is 0.350. The van der Waals surface area contributed by atoms with E-state index in [1.54, 1.807) is 11.4 Å². The van der Waals surface area contributed by atoms with Gasteiger partial charge in [0, 0.05) is 12.2 Å². The van der Waals surface area contributed by atoms with Crippen molar-refractivity contribution in [3.8, 4) is 5.75 Å². The molecule has 1 atom stereocenters. The Morgan fingerprint density at radius 3 is 2.54 bits per heavy atom. The van der Waals surface area contributed by atoms with Crippen molar-refractivity contribution in [1.82, 2.24) is 9.21 Å². The van der Waals surface area contributed by atoms with Gasteiger partial charge in [-0.15, -0.1) is 0 Å². The van der Waals surface area contributed by atoms with Crippen molar-refractivity contribution < 1.29 is 13.2 Å². The van der Waals surface area contributed by atoms with Crippen LogP contribution in [-0.2, 0) is 16.6 Å². The number of amidine groups is 1. The number of hydrogen-bond acceptors (Lipinski definition) is 5. The second-order valence-corrected chi connectivity index (χ2v) is 8.21. The maximum absolute atomic E-state index is 12.7. The molecule has 2 aliphatic rings. The highest BCUT2D eigenvalue weighted by Crippen LogP contribution is 2.29. The number of benzene rings is 1. The summed E-state index contributed by atoms with van der Waals surface area (Å²) in [5.74, 6) is 1.49. The van der Waals surface area contributed by atoms with E-state index in [0.29, 0.717) is 13.1 Å². The Balaban J connectivity index is 1.87. The fourth-order valence-corrected chi connectivity index (χ4v) is 4.57. The summed E-state index contributed by atoms with van der Waals surface area (Å²) < 4.78 is 32.1. The zero-order valence-corrected chi connectivity index (χ0v) is 15.3. The van der Waals surface area contributed by atoms with E-state index >= 15 is 0 Å². The minimum Gasteiger partial charge on any atom is -0.497 e. The van der Waals surface area contributed by atoms with Gasteiger partial charge < -0.3 is 9.64 Å². The molecule has 0 aliphatic carbocycles. The van der Waals surface area contributed by atoms with Gasteiger partial charge in [-0.05, 0) is 44.0 Å². The molecule has 1 saturated heterocycles. The Morgan fingerprint density at radius 2 is 1.92 bits per heavy atom. The van der Waals surface area contributed by atoms with E-state index < -0.39 is 10.0 Å². The number of nitrogens with zero attached hydrogens (tertiary/aromatic N) is 3. The molecule has 0 N–H and O–H groups in total. The molecule has 1 aromatic carbocycles. The van der Waals surface area contributed by atoms with Gasteiger partial charge in [0.2, 0.25) is 10.0 Å². The Morgan fingerprint density at radius 1 is 1.25 bits per heavy atom. The lowest BCUT2D eigenvalue weighted by atomic mass is 10.1. The van der Waals surface area contributed by atoms with Gasteiger partial charge in [-0.2, -0.15) is 4.31 Å². The highest BCUT2D eigenvalue weighted by Gasteiger charge is 2.37. The van der Waals surface area contributed by atoms with Crippen LogP contribution >= 0.6 is 0 Å². The summed E-state index contributed by atoms with van der Waals surface area (Å²) in [5.41, 5.74) is 3.13. The van der Waals surface area contributed by atoms with E-state index in [0.717, 1.165) is 28.4 Å². The highest BCUT2D eigenvalue weighted by atomic mass is 32.2. The number of fused-ring (bicyclic) bond motifs is 1. The van der Waals surface area contributed by atoms with E-state index in [1.165, 1.54) is 0 Å². The van der Waals surface area contributed by atoms with Gasteiger partial charge in [-0.3, -0.25) is 4.99 Å². The standard InChI is InChI=1S/C17H23N3O3S/c1-12-13(2)18-14(3)20-11-24(21,22)19(10-17(12)20)9-15-5-7-16(23-4)8-6-15/h5-8,13H,9-11H2,1-4H3. The molecule has 0 saturated carbocycles. The number of sulfonamides is 1. The van der Waals surface area contributed by atoms with E-state index in [1.807, 2.05) is 49.9 Å². The fraction of sp³-hybridized carbons (Fsp3) is 0.471. The lowest BCUT2D eigenvalue weighted by Gasteiger charge is -2.41. The van der Waals surface area contributed by atoms with Crippen LogP contribution < -0.4 is 4.74 Å². The van der Waals surface area contributed by atoms with Gasteiger partial charge in [0.25, 0.3) is 0 Å². The first-order valence-corrected chi connectivity index (χ1v) is 9.55. The molecule has 0 amide bonds. The van der Waals surface area contributed by atoms with Gasteiger partial charge in [-0.25, -0.2) is 8.42 Å². The Kier molecular flexibility index (Phi) is 4.40. The van der Waals surface area contributed by atoms with Crippen LogP contribution in [0.3, 0.4) is 0 Å². The molecular formula is C17H23N3O3S. The molecule has 1 fully saturated rings. The summed E-state index contributed by atoms with van der Waals surface area (Å²) in [7, 11) is -1.76. The number of ether oxygens (including phenoxy) is 1. The number of hydrogen-bond donors (Lipinski definition) is 0. The largest absolute Gasteiger partial charge is 0.497 e. The van der Waals surface area contributed by atoms with Gasteiger partial charge in [0.15, 0.2) is 0 Å². The first-order valence-electron chi connectivity index (χ1n) is 7.94. The van der Waals surface area contributed by atoms with E-state index in [2.05, 4.69) is 4.99 Å². The number of methoxy groups -OCH3 is 1. The number of rotatable bonds is 3. The molecule has 24 heavy (non-hydrogen) atoms. The topological polar surface area (TPSA) is 62.2 Å². The molecule has 0 spiro atoms. The third-order valence-corrected chi connectivity index (χ3v) is 6.34. The summed E-state index contributed by atoms with van der Waals surface area (Å²) in [5, 5.41) is 0. The average Bonchev–Trinajstić information content (AvgIpc) is 2.54. The van der Waals surface area contributed by atoms with E-state index in [4.69, 9.17) is 4.74 Å². The third-order valence-electron chi connectivity index (χ3n) is 4.71. The number of aliphatic imine (C=N–C) groups is 1. The predicted octanol–water partition coefficient (Wildman–Crippen LogP) is 2.19. The Hall–Kier alpha value is -1.86. The lowest BCUT2D eigenvalue weighted by Crippen LogP contribution is -2.51. The van der Waals surface area contributed by atoms with Crippen LogP contribution in [0.2, 0.25) is 0 Å². The molecule has 3 rings (SSSR count). The van der Waals surface area contributed by atoms with E-state index in [9.17, 15) is 8.42 Å². The normalized spacial score (nSPS) is 23.8. The Bertz CT molecular complexity index is 797. The zero-order chi connectivity index (χ0) is 17.5. The summed E-state index contributed by atoms with van der Waals surface area (Å²) >= 11 is 0. The summed E-state index contributed by atoms with van der Waals surface area (Å²) in [6.45, 7) is 6.70. The van der Waals surface area contributed by atoms with Crippen molar-refractivity contribution >= 4 is 15.9 Å². The molecule has 2 heterocycles. The van der Waals surface area contributed by atoms with Crippen molar-refractivity contribution in [3.63, 3.8) is 0 Å². The Labute approximate surface area is 143 Å². The van der Waals surface area contributed by atoms with Crippen LogP contribution in [0.5, 0.6) is 5.75 Å². The van der Waals surface area contributed by atoms with Crippen molar-refractivity contribution in [2.24, 2.45) is 4.99 Å². The first-order chi connectivity index (χ1) is 11.3. The molecule has 6 nitrogen and oxygen atoms in total. The van der Waals surface area contributed by atoms with Crippen LogP contribution in [0.1, 0.15) is 26.3 Å². The summed E-state index contributed by atoms with van der Waals surface area (Å²) in [6.07, 6.45) is 0. The molecule has 2 aliphatic heterocycles. The van der Waals surface area contributed by atoms with Gasteiger partial charge in [0.05, 0.1) is 19.7 Å². The van der Waals surface area contributed by atoms with Crippen LogP contribution in [-0.4, -0.2) is 49.0 Å². The van der Waals surface area contributed by atoms with Crippen molar-refractivity contribution in [1.29, 1.82) is 0 Å². The second kappa shape index (κ2) is 6.22. The molecule has 0 aromatic heterocycles. The van der Waals surface area contributed by atoms with Gasteiger partial charge in [-0.1, -0.05) is 12.1 Å². The molecule has 0 bridgehead atoms. The highest BCUT2D eigenvalue weighted by molar-refractivity contribution is 7.89. The van der Waals surface area contributed by atoms with Crippen LogP contribution in [0.15, 0.2) is 40.5 Å². The molecule has 1 unspecified atom stereocenters. The summed E-state index contributed by atoms with van der Waals surface area (Å²) in [4.78, 5) is 6.36. The zero-order valence-electron chi connectivity index (χ0n) is 14.5. The van der Waals surface area contributed by atoms with Crippen LogP contribution in [0.4, 0.5) is 0 Å². The van der Waals surface area contributed by atoms with Crippen LogP contribution in [0.25, 0.3) is 0 Å². The summed E-state index contributed by atoms with van der Waals surface area (Å²) in [6, 6.07) is 7.60. The van der Waals surface area contributed by atoms with Crippen molar-refractivity contribution in [2.45, 2.75) is 33.4 Å². The molecule has 7 heteroatoms. The smallest absolute Gasteiger partial charge is 0.233 e. The third kappa shape index (κ3) is 3.06. The van der Waals surface area contributed by atoms with Crippen LogP contribution in [0, 0.1) is 0 Å². The minimum atomic E-state index is -3.37. The van der Waals surface area contributed by atoms with Gasteiger partial charge in [0.1, 0.15) is 17.5 Å². The predicted molar refractivity (Wildman–Crippen MR) is 94.3 cm³/mol. The second-order valence-electron chi connectivity index (χ2n) is 6.27. The molecule has 1 aromatic rings. The maximum atomic E-state index is 12.7.